The molecule has 1 aromatic heterocycles. The van der Waals surface area contributed by atoms with E-state index in [-0.39, 0.29) is 11.4 Å². The van der Waals surface area contributed by atoms with E-state index in [9.17, 15) is 4.39 Å². The zero-order chi connectivity index (χ0) is 18.0. The summed E-state index contributed by atoms with van der Waals surface area (Å²) in [5, 5.41) is 0. The summed E-state index contributed by atoms with van der Waals surface area (Å²) in [7, 11) is 0. The topological polar surface area (TPSA) is 34.6 Å². The van der Waals surface area contributed by atoms with Crippen LogP contribution in [0.5, 0.6) is 0 Å². The molecule has 0 N–H and O–H groups in total. The molecule has 26 heavy (non-hydrogen) atoms. The zero-order valence-electron chi connectivity index (χ0n) is 15.1. The highest BCUT2D eigenvalue weighted by Crippen LogP contribution is 2.40. The zero-order valence-corrected chi connectivity index (χ0v) is 15.9. The molecule has 2 saturated heterocycles. The Morgan fingerprint density at radius 3 is 3.00 bits per heavy atom. The van der Waals surface area contributed by atoms with E-state index in [1.807, 2.05) is 11.6 Å². The van der Waals surface area contributed by atoms with Crippen LogP contribution >= 0.6 is 11.3 Å². The van der Waals surface area contributed by atoms with Gasteiger partial charge in [0.1, 0.15) is 5.82 Å². The number of ether oxygens (including phenoxy) is 2. The first-order valence-electron chi connectivity index (χ1n) is 9.20. The molecule has 4 nitrogen and oxygen atoms in total. The quantitative estimate of drug-likeness (QED) is 0.689. The number of aromatic nitrogens is 1. The second-order valence-corrected chi connectivity index (χ2v) is 8.44. The van der Waals surface area contributed by atoms with Gasteiger partial charge < -0.3 is 9.47 Å². The number of thiazole rings is 1. The average molecular weight is 376 g/mol. The summed E-state index contributed by atoms with van der Waals surface area (Å²) in [5.74, 6) is 0.351. The number of aryl methyl sites for hydroxylation is 1. The minimum Gasteiger partial charge on any atom is -0.377 e. The Bertz CT molecular complexity index is 745. The lowest BCUT2D eigenvalue weighted by Crippen LogP contribution is -2.60. The number of halogens is 1. The van der Waals surface area contributed by atoms with Gasteiger partial charge in [-0.1, -0.05) is 18.2 Å². The second-order valence-electron chi connectivity index (χ2n) is 7.50. The van der Waals surface area contributed by atoms with Crippen molar-refractivity contribution in [2.75, 3.05) is 26.3 Å². The van der Waals surface area contributed by atoms with E-state index in [1.54, 1.807) is 23.5 Å². The SMILES string of the molecule is Cc1ncsc1CN1CC2(CC(CCOCc3ccccc3F)CO2)C1. The van der Waals surface area contributed by atoms with Gasteiger partial charge >= 0.3 is 0 Å². The van der Waals surface area contributed by atoms with Crippen molar-refractivity contribution in [2.24, 2.45) is 5.92 Å². The molecule has 1 atom stereocenters. The number of hydrogen-bond acceptors (Lipinski definition) is 5. The molecule has 0 radical (unpaired) electrons. The summed E-state index contributed by atoms with van der Waals surface area (Å²) >= 11 is 1.73. The molecule has 6 heteroatoms. The Kier molecular flexibility index (Phi) is 5.36. The molecular weight excluding hydrogens is 351 g/mol. The highest BCUT2D eigenvalue weighted by atomic mass is 32.1. The van der Waals surface area contributed by atoms with Gasteiger partial charge in [-0.2, -0.15) is 0 Å². The van der Waals surface area contributed by atoms with Crippen LogP contribution in [0.2, 0.25) is 0 Å². The van der Waals surface area contributed by atoms with Crippen molar-refractivity contribution in [3.63, 3.8) is 0 Å². The lowest BCUT2D eigenvalue weighted by atomic mass is 9.86. The molecule has 0 saturated carbocycles. The summed E-state index contributed by atoms with van der Waals surface area (Å²) in [5.41, 5.74) is 3.74. The fraction of sp³-hybridized carbons (Fsp3) is 0.550. The summed E-state index contributed by atoms with van der Waals surface area (Å²) in [6, 6.07) is 6.79. The number of nitrogens with zero attached hydrogens (tertiary/aromatic N) is 2. The molecule has 140 valence electrons. The van der Waals surface area contributed by atoms with Crippen molar-refractivity contribution < 1.29 is 13.9 Å². The first-order chi connectivity index (χ1) is 12.6. The van der Waals surface area contributed by atoms with Crippen LogP contribution in [0, 0.1) is 18.7 Å². The normalized spacial score (nSPS) is 22.0. The molecule has 1 unspecified atom stereocenters. The molecule has 2 aliphatic rings. The molecule has 3 heterocycles. The predicted molar refractivity (Wildman–Crippen MR) is 99.6 cm³/mol. The summed E-state index contributed by atoms with van der Waals surface area (Å²) in [4.78, 5) is 8.12. The highest BCUT2D eigenvalue weighted by molar-refractivity contribution is 7.09. The minimum absolute atomic E-state index is 0.0504. The van der Waals surface area contributed by atoms with Gasteiger partial charge in [0.15, 0.2) is 0 Å². The van der Waals surface area contributed by atoms with Crippen LogP contribution < -0.4 is 0 Å². The van der Waals surface area contributed by atoms with Gasteiger partial charge in [-0.25, -0.2) is 9.37 Å². The smallest absolute Gasteiger partial charge is 0.128 e. The van der Waals surface area contributed by atoms with E-state index in [0.29, 0.717) is 24.7 Å². The van der Waals surface area contributed by atoms with Crippen molar-refractivity contribution in [1.29, 1.82) is 0 Å². The maximum atomic E-state index is 13.6. The van der Waals surface area contributed by atoms with Gasteiger partial charge in [-0.3, -0.25) is 4.90 Å². The van der Waals surface area contributed by atoms with Crippen LogP contribution in [0.15, 0.2) is 29.8 Å². The molecular formula is C20H25FN2O2S. The van der Waals surface area contributed by atoms with Crippen molar-refractivity contribution in [1.82, 2.24) is 9.88 Å². The van der Waals surface area contributed by atoms with Crippen molar-refractivity contribution >= 4 is 11.3 Å². The number of benzene rings is 1. The van der Waals surface area contributed by atoms with E-state index in [4.69, 9.17) is 9.47 Å². The van der Waals surface area contributed by atoms with Crippen LogP contribution in [-0.2, 0) is 22.6 Å². The van der Waals surface area contributed by atoms with Gasteiger partial charge in [0.05, 0.1) is 30.0 Å². The Labute approximate surface area is 158 Å². The predicted octanol–water partition coefficient (Wildman–Crippen LogP) is 3.79. The third kappa shape index (κ3) is 3.98. The number of likely N-dealkylation sites (tertiary alicyclic amines) is 1. The third-order valence-corrected chi connectivity index (χ3v) is 6.33. The Morgan fingerprint density at radius 1 is 1.38 bits per heavy atom. The first kappa shape index (κ1) is 18.0. The van der Waals surface area contributed by atoms with Crippen molar-refractivity contribution in [3.8, 4) is 0 Å². The van der Waals surface area contributed by atoms with E-state index in [2.05, 4.69) is 16.8 Å². The van der Waals surface area contributed by atoms with Crippen molar-refractivity contribution in [3.05, 3.63) is 51.7 Å². The largest absolute Gasteiger partial charge is 0.377 e. The van der Waals surface area contributed by atoms with Crippen LogP contribution in [-0.4, -0.2) is 41.8 Å². The fourth-order valence-corrected chi connectivity index (χ4v) is 4.77. The van der Waals surface area contributed by atoms with E-state index < -0.39 is 0 Å². The summed E-state index contributed by atoms with van der Waals surface area (Å²) < 4.78 is 25.4. The molecule has 2 fully saturated rings. The minimum atomic E-state index is -0.193. The lowest BCUT2D eigenvalue weighted by Gasteiger charge is -2.47. The van der Waals surface area contributed by atoms with Crippen LogP contribution in [0.25, 0.3) is 0 Å². The molecule has 2 aromatic rings. The van der Waals surface area contributed by atoms with Crippen LogP contribution in [0.4, 0.5) is 4.39 Å². The van der Waals surface area contributed by atoms with E-state index >= 15 is 0 Å². The fourth-order valence-electron chi connectivity index (χ4n) is 3.95. The van der Waals surface area contributed by atoms with Gasteiger partial charge in [0.2, 0.25) is 0 Å². The standard InChI is InChI=1S/C20H25FN2O2S/c1-15-19(26-14-22-15)9-23-12-20(13-23)8-16(10-25-20)6-7-24-11-17-4-2-3-5-18(17)21/h2-5,14,16H,6-13H2,1H3. The third-order valence-electron chi connectivity index (χ3n) is 5.41. The van der Waals surface area contributed by atoms with Gasteiger partial charge in [-0.15, -0.1) is 11.3 Å². The summed E-state index contributed by atoms with van der Waals surface area (Å²) in [6.45, 7) is 6.89. The molecule has 2 aliphatic heterocycles. The second kappa shape index (κ2) is 7.72. The molecule has 4 rings (SSSR count). The van der Waals surface area contributed by atoms with Gasteiger partial charge in [0, 0.05) is 36.7 Å². The molecule has 0 aliphatic carbocycles. The number of hydrogen-bond donors (Lipinski definition) is 0. The van der Waals surface area contributed by atoms with Gasteiger partial charge in [0.25, 0.3) is 0 Å². The number of rotatable bonds is 7. The van der Waals surface area contributed by atoms with E-state index in [1.165, 1.54) is 10.9 Å². The summed E-state index contributed by atoms with van der Waals surface area (Å²) in [6.07, 6.45) is 2.08. The maximum Gasteiger partial charge on any atom is 0.128 e. The van der Waals surface area contributed by atoms with Crippen LogP contribution in [0.3, 0.4) is 0 Å². The Balaban J connectivity index is 1.16. The lowest BCUT2D eigenvalue weighted by molar-refractivity contribution is -0.114. The molecule has 0 amide bonds. The van der Waals surface area contributed by atoms with Gasteiger partial charge in [-0.05, 0) is 31.7 Å². The van der Waals surface area contributed by atoms with Crippen LogP contribution in [0.1, 0.15) is 29.0 Å². The maximum absolute atomic E-state index is 13.6. The average Bonchev–Trinajstić information content (AvgIpc) is 3.20. The first-order valence-corrected chi connectivity index (χ1v) is 10.1. The molecule has 1 spiro atoms. The Hall–Kier alpha value is -1.34. The van der Waals surface area contributed by atoms with E-state index in [0.717, 1.165) is 44.8 Å². The monoisotopic (exact) mass is 376 g/mol. The molecule has 0 bridgehead atoms. The molecule has 1 aromatic carbocycles. The highest BCUT2D eigenvalue weighted by Gasteiger charge is 2.49. The Morgan fingerprint density at radius 2 is 2.23 bits per heavy atom. The van der Waals surface area contributed by atoms with Crippen molar-refractivity contribution in [2.45, 2.75) is 38.5 Å².